The van der Waals surface area contributed by atoms with Gasteiger partial charge in [0.1, 0.15) is 23.1 Å². The lowest BCUT2D eigenvalue weighted by Crippen LogP contribution is -2.41. The van der Waals surface area contributed by atoms with Gasteiger partial charge in [0.05, 0.1) is 7.11 Å². The fraction of sp³-hybridized carbons (Fsp3) is 0.333. The Morgan fingerprint density at radius 3 is 2.59 bits per heavy atom. The lowest BCUT2D eigenvalue weighted by molar-refractivity contribution is -0.132. The second-order valence-electron chi connectivity index (χ2n) is 7.38. The SMILES string of the molecule is COc1ccc(CCC(=O)N2CCC(Oc3cccc4cccnc34)CC2)cc1. The molecule has 150 valence electrons. The summed E-state index contributed by atoms with van der Waals surface area (Å²) in [6.45, 7) is 1.48. The number of piperidine rings is 1. The highest BCUT2D eigenvalue weighted by Crippen LogP contribution is 2.26. The van der Waals surface area contributed by atoms with Gasteiger partial charge in [-0.05, 0) is 36.2 Å². The Balaban J connectivity index is 1.28. The van der Waals surface area contributed by atoms with E-state index in [4.69, 9.17) is 9.47 Å². The van der Waals surface area contributed by atoms with Gasteiger partial charge in [-0.15, -0.1) is 0 Å². The highest BCUT2D eigenvalue weighted by Gasteiger charge is 2.24. The molecule has 2 aromatic carbocycles. The van der Waals surface area contributed by atoms with Crippen LogP contribution in [0.3, 0.4) is 0 Å². The quantitative estimate of drug-likeness (QED) is 0.632. The van der Waals surface area contributed by atoms with Crippen molar-refractivity contribution in [1.29, 1.82) is 0 Å². The Labute approximate surface area is 171 Å². The van der Waals surface area contributed by atoms with E-state index in [0.29, 0.717) is 6.42 Å². The third-order valence-electron chi connectivity index (χ3n) is 5.47. The molecule has 5 heteroatoms. The molecule has 1 fully saturated rings. The molecular weight excluding hydrogens is 364 g/mol. The molecule has 0 spiro atoms. The van der Waals surface area contributed by atoms with Crippen LogP contribution in [-0.4, -0.2) is 42.1 Å². The summed E-state index contributed by atoms with van der Waals surface area (Å²) in [7, 11) is 1.66. The third-order valence-corrected chi connectivity index (χ3v) is 5.47. The van der Waals surface area contributed by atoms with Crippen LogP contribution in [0.1, 0.15) is 24.8 Å². The van der Waals surface area contributed by atoms with E-state index in [1.165, 1.54) is 0 Å². The monoisotopic (exact) mass is 390 g/mol. The summed E-state index contributed by atoms with van der Waals surface area (Å²) in [4.78, 5) is 19.0. The average Bonchev–Trinajstić information content (AvgIpc) is 2.78. The molecule has 4 rings (SSSR count). The lowest BCUT2D eigenvalue weighted by Gasteiger charge is -2.32. The lowest BCUT2D eigenvalue weighted by atomic mass is 10.1. The van der Waals surface area contributed by atoms with Crippen molar-refractivity contribution in [2.24, 2.45) is 0 Å². The summed E-state index contributed by atoms with van der Waals surface area (Å²) in [5, 5.41) is 1.08. The van der Waals surface area contributed by atoms with Crippen molar-refractivity contribution in [1.82, 2.24) is 9.88 Å². The van der Waals surface area contributed by atoms with E-state index in [0.717, 1.165) is 60.3 Å². The smallest absolute Gasteiger partial charge is 0.222 e. The molecule has 1 aromatic heterocycles. The molecule has 1 amide bonds. The number of likely N-dealkylation sites (tertiary alicyclic amines) is 1. The van der Waals surface area contributed by atoms with Gasteiger partial charge >= 0.3 is 0 Å². The van der Waals surface area contributed by atoms with Gasteiger partial charge in [-0.25, -0.2) is 0 Å². The van der Waals surface area contributed by atoms with Crippen LogP contribution in [0.4, 0.5) is 0 Å². The highest BCUT2D eigenvalue weighted by molar-refractivity contribution is 5.84. The highest BCUT2D eigenvalue weighted by atomic mass is 16.5. The molecule has 0 atom stereocenters. The van der Waals surface area contributed by atoms with Crippen LogP contribution in [0.25, 0.3) is 10.9 Å². The number of aromatic nitrogens is 1. The van der Waals surface area contributed by atoms with E-state index < -0.39 is 0 Å². The molecule has 0 aliphatic carbocycles. The molecule has 1 aliphatic rings. The summed E-state index contributed by atoms with van der Waals surface area (Å²) in [6.07, 6.45) is 4.88. The second kappa shape index (κ2) is 8.95. The topological polar surface area (TPSA) is 51.7 Å². The first-order valence-electron chi connectivity index (χ1n) is 10.1. The number of benzene rings is 2. The molecular formula is C24H26N2O3. The molecule has 0 N–H and O–H groups in total. The second-order valence-corrected chi connectivity index (χ2v) is 7.38. The molecule has 3 aromatic rings. The predicted molar refractivity (Wildman–Crippen MR) is 113 cm³/mol. The van der Waals surface area contributed by atoms with E-state index in [9.17, 15) is 4.79 Å². The number of para-hydroxylation sites is 1. The van der Waals surface area contributed by atoms with Crippen LogP contribution in [-0.2, 0) is 11.2 Å². The van der Waals surface area contributed by atoms with Crippen molar-refractivity contribution in [3.63, 3.8) is 0 Å². The van der Waals surface area contributed by atoms with Gasteiger partial charge < -0.3 is 14.4 Å². The Morgan fingerprint density at radius 2 is 1.83 bits per heavy atom. The van der Waals surface area contributed by atoms with Gasteiger partial charge in [-0.1, -0.05) is 30.3 Å². The number of ether oxygens (including phenoxy) is 2. The minimum Gasteiger partial charge on any atom is -0.497 e. The minimum absolute atomic E-state index is 0.119. The van der Waals surface area contributed by atoms with Crippen molar-refractivity contribution < 1.29 is 14.3 Å². The number of aryl methyl sites for hydroxylation is 1. The van der Waals surface area contributed by atoms with E-state index in [1.54, 1.807) is 13.3 Å². The molecule has 2 heterocycles. The minimum atomic E-state index is 0.119. The van der Waals surface area contributed by atoms with E-state index in [-0.39, 0.29) is 12.0 Å². The predicted octanol–water partition coefficient (Wildman–Crippen LogP) is 4.25. The molecule has 29 heavy (non-hydrogen) atoms. The molecule has 0 bridgehead atoms. The van der Waals surface area contributed by atoms with Gasteiger partial charge in [0.2, 0.25) is 5.91 Å². The number of hydrogen-bond donors (Lipinski definition) is 0. The number of carbonyl (C=O) groups excluding carboxylic acids is 1. The Kier molecular flexibility index (Phi) is 5.94. The van der Waals surface area contributed by atoms with Crippen LogP contribution < -0.4 is 9.47 Å². The van der Waals surface area contributed by atoms with Gasteiger partial charge in [0, 0.05) is 43.9 Å². The number of pyridine rings is 1. The fourth-order valence-electron chi connectivity index (χ4n) is 3.78. The Morgan fingerprint density at radius 1 is 1.07 bits per heavy atom. The maximum absolute atomic E-state index is 12.6. The number of nitrogens with zero attached hydrogens (tertiary/aromatic N) is 2. The first-order valence-corrected chi connectivity index (χ1v) is 10.1. The van der Waals surface area contributed by atoms with E-state index >= 15 is 0 Å². The molecule has 0 radical (unpaired) electrons. The fourth-order valence-corrected chi connectivity index (χ4v) is 3.78. The number of carbonyl (C=O) groups is 1. The van der Waals surface area contributed by atoms with Gasteiger partial charge in [-0.3, -0.25) is 9.78 Å². The van der Waals surface area contributed by atoms with Gasteiger partial charge in [0.25, 0.3) is 0 Å². The van der Waals surface area contributed by atoms with Crippen LogP contribution >= 0.6 is 0 Å². The summed E-state index contributed by atoms with van der Waals surface area (Å²) in [6, 6.07) is 17.9. The van der Waals surface area contributed by atoms with Crippen molar-refractivity contribution in [2.75, 3.05) is 20.2 Å². The average molecular weight is 390 g/mol. The molecule has 1 aliphatic heterocycles. The zero-order valence-corrected chi connectivity index (χ0v) is 16.7. The zero-order valence-electron chi connectivity index (χ0n) is 16.7. The number of hydrogen-bond acceptors (Lipinski definition) is 4. The van der Waals surface area contributed by atoms with Crippen molar-refractivity contribution >= 4 is 16.8 Å². The van der Waals surface area contributed by atoms with Crippen LogP contribution in [0.5, 0.6) is 11.5 Å². The zero-order chi connectivity index (χ0) is 20.1. The standard InChI is InChI=1S/C24H26N2O3/c1-28-20-10-7-18(8-11-20)9-12-23(27)26-16-13-21(14-17-26)29-22-6-2-4-19-5-3-15-25-24(19)22/h2-8,10-11,15,21H,9,12-14,16-17H2,1H3. The van der Waals surface area contributed by atoms with Crippen molar-refractivity contribution in [3.05, 3.63) is 66.4 Å². The molecule has 1 saturated heterocycles. The Hall–Kier alpha value is -3.08. The summed E-state index contributed by atoms with van der Waals surface area (Å²) in [5.41, 5.74) is 2.05. The first-order chi connectivity index (χ1) is 14.2. The largest absolute Gasteiger partial charge is 0.497 e. The van der Waals surface area contributed by atoms with Gasteiger partial charge in [0.15, 0.2) is 0 Å². The Bertz CT molecular complexity index is 958. The molecule has 5 nitrogen and oxygen atoms in total. The van der Waals surface area contributed by atoms with Crippen molar-refractivity contribution in [3.8, 4) is 11.5 Å². The van der Waals surface area contributed by atoms with Gasteiger partial charge in [-0.2, -0.15) is 0 Å². The molecule has 0 saturated carbocycles. The van der Waals surface area contributed by atoms with Crippen LogP contribution in [0.2, 0.25) is 0 Å². The summed E-state index contributed by atoms with van der Waals surface area (Å²) >= 11 is 0. The number of methoxy groups -OCH3 is 1. The van der Waals surface area contributed by atoms with E-state index in [2.05, 4.69) is 4.98 Å². The number of rotatable bonds is 6. The number of amides is 1. The van der Waals surface area contributed by atoms with E-state index in [1.807, 2.05) is 59.5 Å². The maximum Gasteiger partial charge on any atom is 0.222 e. The number of fused-ring (bicyclic) bond motifs is 1. The first kappa shape index (κ1) is 19.2. The summed E-state index contributed by atoms with van der Waals surface area (Å²) in [5.74, 6) is 1.88. The third kappa shape index (κ3) is 4.67. The summed E-state index contributed by atoms with van der Waals surface area (Å²) < 4.78 is 11.4. The maximum atomic E-state index is 12.6. The van der Waals surface area contributed by atoms with Crippen LogP contribution in [0.15, 0.2) is 60.8 Å². The van der Waals surface area contributed by atoms with Crippen LogP contribution in [0, 0.1) is 0 Å². The molecule has 0 unspecified atom stereocenters. The van der Waals surface area contributed by atoms with Crippen molar-refractivity contribution in [2.45, 2.75) is 31.8 Å². The normalized spacial score (nSPS) is 14.7.